The van der Waals surface area contributed by atoms with Crippen molar-refractivity contribution in [1.82, 2.24) is 0 Å². The lowest BCUT2D eigenvalue weighted by atomic mass is 10.2. The first-order valence-electron chi connectivity index (χ1n) is 4.08. The molecule has 1 aromatic carbocycles. The van der Waals surface area contributed by atoms with Crippen LogP contribution in [-0.4, -0.2) is 5.11 Å². The molecule has 0 aliphatic heterocycles. The Morgan fingerprint density at radius 1 is 1.43 bits per heavy atom. The van der Waals surface area contributed by atoms with Gasteiger partial charge in [0.25, 0.3) is 0 Å². The van der Waals surface area contributed by atoms with E-state index in [-0.39, 0.29) is 0 Å². The highest BCUT2D eigenvalue weighted by Gasteiger charge is 2.05. The van der Waals surface area contributed by atoms with Gasteiger partial charge in [-0.1, -0.05) is 18.2 Å². The number of nitrogens with zero attached hydrogens (tertiary/aromatic N) is 1. The van der Waals surface area contributed by atoms with E-state index < -0.39 is 0 Å². The van der Waals surface area contributed by atoms with E-state index in [1.807, 2.05) is 36.4 Å². The van der Waals surface area contributed by atoms with Gasteiger partial charge in [0.15, 0.2) is 0 Å². The standard InChI is InChI=1S/C11H7NOS/c12-6-9(7-13)11-5-8-3-1-2-4-10(8)14-11/h1-5,7,13H/b9-7-. The third kappa shape index (κ3) is 1.36. The molecule has 0 bridgehead atoms. The van der Waals surface area contributed by atoms with Crippen molar-refractivity contribution < 1.29 is 5.11 Å². The van der Waals surface area contributed by atoms with Crippen LogP contribution in [0.5, 0.6) is 0 Å². The van der Waals surface area contributed by atoms with Crippen LogP contribution in [0.3, 0.4) is 0 Å². The number of aliphatic hydroxyl groups is 1. The zero-order valence-corrected chi connectivity index (χ0v) is 8.08. The Balaban J connectivity index is 2.62. The number of rotatable bonds is 1. The lowest BCUT2D eigenvalue weighted by molar-refractivity contribution is 0.476. The number of fused-ring (bicyclic) bond motifs is 1. The minimum Gasteiger partial charge on any atom is -0.514 e. The van der Waals surface area contributed by atoms with Crippen molar-refractivity contribution in [3.05, 3.63) is 41.5 Å². The van der Waals surface area contributed by atoms with Crippen molar-refractivity contribution in [3.8, 4) is 6.07 Å². The van der Waals surface area contributed by atoms with Crippen LogP contribution >= 0.6 is 11.3 Å². The van der Waals surface area contributed by atoms with E-state index >= 15 is 0 Å². The maximum Gasteiger partial charge on any atom is 0.104 e. The van der Waals surface area contributed by atoms with E-state index in [0.29, 0.717) is 5.57 Å². The van der Waals surface area contributed by atoms with Crippen molar-refractivity contribution in [2.45, 2.75) is 0 Å². The zero-order chi connectivity index (χ0) is 9.97. The Bertz CT molecular complexity index is 500. The van der Waals surface area contributed by atoms with Gasteiger partial charge in [-0.05, 0) is 17.5 Å². The molecule has 0 fully saturated rings. The maximum absolute atomic E-state index is 8.83. The Kier molecular flexibility index (Phi) is 2.21. The van der Waals surface area contributed by atoms with Crippen molar-refractivity contribution >= 4 is 27.0 Å². The van der Waals surface area contributed by atoms with Crippen molar-refractivity contribution in [1.29, 1.82) is 5.26 Å². The molecule has 0 aliphatic rings. The van der Waals surface area contributed by atoms with Crippen LogP contribution < -0.4 is 0 Å². The van der Waals surface area contributed by atoms with Crippen LogP contribution in [0.2, 0.25) is 0 Å². The molecule has 2 aromatic rings. The fourth-order valence-electron chi connectivity index (χ4n) is 1.26. The first-order valence-corrected chi connectivity index (χ1v) is 4.90. The van der Waals surface area contributed by atoms with E-state index in [2.05, 4.69) is 0 Å². The molecule has 0 aliphatic carbocycles. The van der Waals surface area contributed by atoms with Crippen molar-refractivity contribution in [2.24, 2.45) is 0 Å². The van der Waals surface area contributed by atoms with Gasteiger partial charge in [0.2, 0.25) is 0 Å². The Morgan fingerprint density at radius 3 is 2.86 bits per heavy atom. The number of benzene rings is 1. The van der Waals surface area contributed by atoms with E-state index in [9.17, 15) is 0 Å². The highest BCUT2D eigenvalue weighted by molar-refractivity contribution is 7.20. The van der Waals surface area contributed by atoms with E-state index in [1.54, 1.807) is 0 Å². The summed E-state index contributed by atoms with van der Waals surface area (Å²) in [6.45, 7) is 0. The van der Waals surface area contributed by atoms with Gasteiger partial charge in [0.1, 0.15) is 11.6 Å². The predicted octanol–water partition coefficient (Wildman–Crippen LogP) is 3.32. The molecule has 2 rings (SSSR count). The largest absolute Gasteiger partial charge is 0.514 e. The second-order valence-electron chi connectivity index (χ2n) is 2.80. The molecular formula is C11H7NOS. The van der Waals surface area contributed by atoms with Gasteiger partial charge in [0, 0.05) is 9.58 Å². The summed E-state index contributed by atoms with van der Waals surface area (Å²) in [7, 11) is 0. The molecule has 3 heteroatoms. The topological polar surface area (TPSA) is 44.0 Å². The number of thiophene rings is 1. The third-order valence-electron chi connectivity index (χ3n) is 1.94. The molecule has 1 N–H and O–H groups in total. The number of nitriles is 1. The molecule has 1 heterocycles. The predicted molar refractivity (Wildman–Crippen MR) is 58.0 cm³/mol. The molecule has 0 atom stereocenters. The summed E-state index contributed by atoms with van der Waals surface area (Å²) in [5.74, 6) is 0. The summed E-state index contributed by atoms with van der Waals surface area (Å²) in [5, 5.41) is 18.7. The quantitative estimate of drug-likeness (QED) is 0.568. The SMILES string of the molecule is N#C/C(=C/O)c1cc2ccccc2s1. The van der Waals surface area contributed by atoms with E-state index in [4.69, 9.17) is 10.4 Å². The van der Waals surface area contributed by atoms with Gasteiger partial charge in [-0.3, -0.25) is 0 Å². The number of allylic oxidation sites excluding steroid dienone is 1. The first-order chi connectivity index (χ1) is 6.85. The number of aliphatic hydroxyl groups excluding tert-OH is 1. The Morgan fingerprint density at radius 2 is 2.21 bits per heavy atom. The molecule has 14 heavy (non-hydrogen) atoms. The summed E-state index contributed by atoms with van der Waals surface area (Å²) >= 11 is 1.50. The van der Waals surface area contributed by atoms with E-state index in [1.165, 1.54) is 11.3 Å². The van der Waals surface area contributed by atoms with Gasteiger partial charge in [-0.15, -0.1) is 11.3 Å². The average molecular weight is 201 g/mol. The Labute approximate surface area is 85.3 Å². The van der Waals surface area contributed by atoms with Crippen LogP contribution in [0.25, 0.3) is 15.7 Å². The fraction of sp³-hybridized carbons (Fsp3) is 0. The van der Waals surface area contributed by atoms with Gasteiger partial charge >= 0.3 is 0 Å². The summed E-state index contributed by atoms with van der Waals surface area (Å²) < 4.78 is 1.12. The monoisotopic (exact) mass is 201 g/mol. The summed E-state index contributed by atoms with van der Waals surface area (Å²) in [6.07, 6.45) is 0.852. The van der Waals surface area contributed by atoms with Crippen LogP contribution in [0.1, 0.15) is 4.88 Å². The normalized spacial score (nSPS) is 11.5. The van der Waals surface area contributed by atoms with Gasteiger partial charge in [0.05, 0.1) is 6.26 Å². The second-order valence-corrected chi connectivity index (χ2v) is 3.89. The molecule has 0 saturated carbocycles. The van der Waals surface area contributed by atoms with Crippen LogP contribution in [0.15, 0.2) is 36.6 Å². The van der Waals surface area contributed by atoms with Crippen molar-refractivity contribution in [2.75, 3.05) is 0 Å². The zero-order valence-electron chi connectivity index (χ0n) is 7.27. The molecule has 2 nitrogen and oxygen atoms in total. The minimum absolute atomic E-state index is 0.311. The van der Waals surface area contributed by atoms with Crippen molar-refractivity contribution in [3.63, 3.8) is 0 Å². The minimum atomic E-state index is 0.311. The molecule has 68 valence electrons. The number of hydrogen-bond acceptors (Lipinski definition) is 3. The molecule has 0 radical (unpaired) electrons. The van der Waals surface area contributed by atoms with Gasteiger partial charge in [-0.25, -0.2) is 0 Å². The van der Waals surface area contributed by atoms with Crippen LogP contribution in [-0.2, 0) is 0 Å². The molecule has 0 spiro atoms. The summed E-state index contributed by atoms with van der Waals surface area (Å²) in [5.41, 5.74) is 0.311. The molecular weight excluding hydrogens is 194 g/mol. The highest BCUT2D eigenvalue weighted by atomic mass is 32.1. The smallest absolute Gasteiger partial charge is 0.104 e. The van der Waals surface area contributed by atoms with Crippen LogP contribution in [0.4, 0.5) is 0 Å². The van der Waals surface area contributed by atoms with Gasteiger partial charge in [-0.2, -0.15) is 5.26 Å². The van der Waals surface area contributed by atoms with E-state index in [0.717, 1.165) is 21.2 Å². The molecule has 0 unspecified atom stereocenters. The second kappa shape index (κ2) is 3.52. The molecule has 0 amide bonds. The fourth-order valence-corrected chi connectivity index (χ4v) is 2.28. The summed E-state index contributed by atoms with van der Waals surface area (Å²) in [6, 6.07) is 11.7. The highest BCUT2D eigenvalue weighted by Crippen LogP contribution is 2.29. The molecule has 0 saturated heterocycles. The third-order valence-corrected chi connectivity index (χ3v) is 3.09. The summed E-state index contributed by atoms with van der Waals surface area (Å²) in [4.78, 5) is 0.802. The first kappa shape index (κ1) is 8.79. The van der Waals surface area contributed by atoms with Crippen LogP contribution in [0, 0.1) is 11.3 Å². The molecule has 1 aromatic heterocycles. The lowest BCUT2D eigenvalue weighted by Gasteiger charge is -1.86. The average Bonchev–Trinajstić information content (AvgIpc) is 2.63. The number of hydrogen-bond donors (Lipinski definition) is 1. The lowest BCUT2D eigenvalue weighted by Crippen LogP contribution is -1.72. The Hall–Kier alpha value is -1.79. The maximum atomic E-state index is 8.83. The van der Waals surface area contributed by atoms with Gasteiger partial charge < -0.3 is 5.11 Å².